The van der Waals surface area contributed by atoms with Crippen LogP contribution in [0.2, 0.25) is 10.0 Å². The molecule has 1 N–H and O–H groups in total. The Morgan fingerprint density at radius 2 is 1.60 bits per heavy atom. The van der Waals surface area contributed by atoms with E-state index < -0.39 is 28.5 Å². The number of benzene rings is 3. The number of nitrogens with zero attached hydrogens (tertiary/aromatic N) is 2. The van der Waals surface area contributed by atoms with E-state index >= 15 is 0 Å². The molecule has 11 heteroatoms. The molecule has 3 rings (SSSR count). The van der Waals surface area contributed by atoms with Crippen molar-refractivity contribution in [2.45, 2.75) is 50.7 Å². The predicted molar refractivity (Wildman–Crippen MR) is 158 cm³/mol. The minimum absolute atomic E-state index is 0.00660. The van der Waals surface area contributed by atoms with E-state index in [-0.39, 0.29) is 29.1 Å². The number of nitrogens with one attached hydrogen (secondary N) is 1. The fourth-order valence-corrected chi connectivity index (χ4v) is 5.64. The van der Waals surface area contributed by atoms with Crippen molar-refractivity contribution in [2.75, 3.05) is 18.0 Å². The Labute approximate surface area is 245 Å². The first-order valence-electron chi connectivity index (χ1n) is 12.7. The molecule has 2 amide bonds. The average Bonchev–Trinajstić information content (AvgIpc) is 2.96. The number of carbonyl (C=O) groups excluding carboxylic acids is 2. The molecule has 8 nitrogen and oxygen atoms in total. The summed E-state index contributed by atoms with van der Waals surface area (Å²) in [6.07, 6.45) is 0.708. The van der Waals surface area contributed by atoms with Gasteiger partial charge in [-0.2, -0.15) is 0 Å². The minimum atomic E-state index is -4.15. The molecule has 0 aliphatic carbocycles. The van der Waals surface area contributed by atoms with E-state index in [2.05, 4.69) is 5.32 Å². The number of ether oxygens (including phenoxy) is 1. The van der Waals surface area contributed by atoms with Gasteiger partial charge in [-0.25, -0.2) is 8.42 Å². The predicted octanol–water partition coefficient (Wildman–Crippen LogP) is 5.53. The molecule has 0 bridgehead atoms. The van der Waals surface area contributed by atoms with Crippen LogP contribution in [-0.4, -0.2) is 50.9 Å². The molecule has 0 aliphatic rings. The van der Waals surface area contributed by atoms with Crippen LogP contribution in [0.3, 0.4) is 0 Å². The third-order valence-electron chi connectivity index (χ3n) is 6.48. The normalized spacial score (nSPS) is 12.8. The van der Waals surface area contributed by atoms with Crippen molar-refractivity contribution >= 4 is 50.7 Å². The molecule has 0 aliphatic heterocycles. The van der Waals surface area contributed by atoms with E-state index in [0.717, 1.165) is 4.31 Å². The molecular formula is C29H33Cl2N3O5S. The van der Waals surface area contributed by atoms with Gasteiger partial charge in [-0.05, 0) is 74.4 Å². The zero-order valence-corrected chi connectivity index (χ0v) is 25.1. The second kappa shape index (κ2) is 13.9. The van der Waals surface area contributed by atoms with Crippen LogP contribution in [0.25, 0.3) is 0 Å². The Morgan fingerprint density at radius 1 is 0.950 bits per heavy atom. The van der Waals surface area contributed by atoms with Gasteiger partial charge in [-0.3, -0.25) is 13.9 Å². The van der Waals surface area contributed by atoms with Crippen molar-refractivity contribution in [3.05, 3.63) is 88.4 Å². The molecule has 2 atom stereocenters. The van der Waals surface area contributed by atoms with Gasteiger partial charge in [0.25, 0.3) is 10.0 Å². The van der Waals surface area contributed by atoms with E-state index in [1.165, 1.54) is 24.1 Å². The number of anilines is 1. The van der Waals surface area contributed by atoms with Gasteiger partial charge in [0.1, 0.15) is 18.3 Å². The van der Waals surface area contributed by atoms with Gasteiger partial charge in [0, 0.05) is 12.6 Å². The average molecular weight is 607 g/mol. The lowest BCUT2D eigenvalue weighted by Crippen LogP contribution is -2.52. The first-order chi connectivity index (χ1) is 19.0. The summed E-state index contributed by atoms with van der Waals surface area (Å²) in [7, 11) is -2.65. The third kappa shape index (κ3) is 7.68. The largest absolute Gasteiger partial charge is 0.497 e. The molecule has 0 fully saturated rings. The highest BCUT2D eigenvalue weighted by Crippen LogP contribution is 2.27. The Hall–Kier alpha value is -3.27. The second-order valence-electron chi connectivity index (χ2n) is 9.29. The first-order valence-corrected chi connectivity index (χ1v) is 14.9. The van der Waals surface area contributed by atoms with Crippen LogP contribution in [0.15, 0.2) is 77.7 Å². The standard InChI is InChI=1S/C29H33Cl2N3O5S/c1-5-20(2)32-29(36)21(3)33(18-22-11-16-26(30)27(31)17-22)28(35)19-34(23-12-14-24(39-4)15-13-23)40(37,38)25-9-7-6-8-10-25/h6-17,20-21H,5,18-19H2,1-4H3,(H,32,36)/t20-,21-/m0/s1. The summed E-state index contributed by atoms with van der Waals surface area (Å²) >= 11 is 12.3. The van der Waals surface area contributed by atoms with E-state index in [9.17, 15) is 18.0 Å². The highest BCUT2D eigenvalue weighted by Gasteiger charge is 2.32. The molecule has 0 unspecified atom stereocenters. The number of rotatable bonds is 12. The summed E-state index contributed by atoms with van der Waals surface area (Å²) in [5.41, 5.74) is 0.900. The van der Waals surface area contributed by atoms with Gasteiger partial charge >= 0.3 is 0 Å². The van der Waals surface area contributed by atoms with Crippen LogP contribution in [0, 0.1) is 0 Å². The number of hydrogen-bond acceptors (Lipinski definition) is 5. The Bertz CT molecular complexity index is 1420. The van der Waals surface area contributed by atoms with E-state index in [4.69, 9.17) is 27.9 Å². The van der Waals surface area contributed by atoms with Crippen molar-refractivity contribution < 1.29 is 22.7 Å². The van der Waals surface area contributed by atoms with Crippen molar-refractivity contribution in [1.82, 2.24) is 10.2 Å². The summed E-state index contributed by atoms with van der Waals surface area (Å²) in [4.78, 5) is 28.4. The number of methoxy groups -OCH3 is 1. The molecule has 214 valence electrons. The monoisotopic (exact) mass is 605 g/mol. The van der Waals surface area contributed by atoms with Crippen LogP contribution in [0.5, 0.6) is 5.75 Å². The highest BCUT2D eigenvalue weighted by atomic mass is 35.5. The fourth-order valence-electron chi connectivity index (χ4n) is 3.88. The van der Waals surface area contributed by atoms with Crippen LogP contribution >= 0.6 is 23.2 Å². The molecular weight excluding hydrogens is 573 g/mol. The molecule has 40 heavy (non-hydrogen) atoms. The van der Waals surface area contributed by atoms with Gasteiger partial charge in [0.15, 0.2) is 0 Å². The molecule has 0 aromatic heterocycles. The lowest BCUT2D eigenvalue weighted by Gasteiger charge is -2.32. The highest BCUT2D eigenvalue weighted by molar-refractivity contribution is 7.92. The maximum absolute atomic E-state index is 13.9. The van der Waals surface area contributed by atoms with Gasteiger partial charge in [0.05, 0.1) is 27.7 Å². The van der Waals surface area contributed by atoms with Crippen LogP contribution in [-0.2, 0) is 26.2 Å². The van der Waals surface area contributed by atoms with Crippen molar-refractivity contribution in [2.24, 2.45) is 0 Å². The summed E-state index contributed by atoms with van der Waals surface area (Å²) in [5, 5.41) is 3.55. The number of halogens is 2. The van der Waals surface area contributed by atoms with E-state index in [1.807, 2.05) is 13.8 Å². The van der Waals surface area contributed by atoms with Crippen LogP contribution in [0.4, 0.5) is 5.69 Å². The van der Waals surface area contributed by atoms with E-state index in [0.29, 0.717) is 27.8 Å². The van der Waals surface area contributed by atoms with E-state index in [1.54, 1.807) is 67.6 Å². The topological polar surface area (TPSA) is 96.0 Å². The SMILES string of the molecule is CC[C@H](C)NC(=O)[C@H](C)N(Cc1ccc(Cl)c(Cl)c1)C(=O)CN(c1ccc(OC)cc1)S(=O)(=O)c1ccccc1. The van der Waals surface area contributed by atoms with Gasteiger partial charge < -0.3 is 15.0 Å². The first kappa shape index (κ1) is 31.3. The summed E-state index contributed by atoms with van der Waals surface area (Å²) in [6, 6.07) is 18.1. The smallest absolute Gasteiger partial charge is 0.264 e. The van der Waals surface area contributed by atoms with Crippen molar-refractivity contribution in [3.63, 3.8) is 0 Å². The Balaban J connectivity index is 2.03. The third-order valence-corrected chi connectivity index (χ3v) is 9.00. The summed E-state index contributed by atoms with van der Waals surface area (Å²) in [6.45, 7) is 4.87. The summed E-state index contributed by atoms with van der Waals surface area (Å²) < 4.78 is 33.8. The number of hydrogen-bond donors (Lipinski definition) is 1. The van der Waals surface area contributed by atoms with Gasteiger partial charge in [-0.1, -0.05) is 54.4 Å². The fraction of sp³-hybridized carbons (Fsp3) is 0.310. The molecule has 0 spiro atoms. The van der Waals surface area contributed by atoms with Crippen LogP contribution < -0.4 is 14.4 Å². The maximum atomic E-state index is 13.9. The quantitative estimate of drug-likeness (QED) is 0.293. The molecule has 0 heterocycles. The van der Waals surface area contributed by atoms with Gasteiger partial charge in [0.2, 0.25) is 11.8 Å². The number of amides is 2. The number of sulfonamides is 1. The second-order valence-corrected chi connectivity index (χ2v) is 12.0. The maximum Gasteiger partial charge on any atom is 0.264 e. The Kier molecular flexibility index (Phi) is 10.8. The molecule has 0 saturated carbocycles. The molecule has 3 aromatic carbocycles. The Morgan fingerprint density at radius 3 is 2.17 bits per heavy atom. The molecule has 0 saturated heterocycles. The van der Waals surface area contributed by atoms with Gasteiger partial charge in [-0.15, -0.1) is 0 Å². The lowest BCUT2D eigenvalue weighted by molar-refractivity contribution is -0.139. The summed E-state index contributed by atoms with van der Waals surface area (Å²) in [5.74, 6) is -0.401. The van der Waals surface area contributed by atoms with Crippen molar-refractivity contribution in [3.8, 4) is 5.75 Å². The zero-order chi connectivity index (χ0) is 29.4. The lowest BCUT2D eigenvalue weighted by atomic mass is 10.1. The zero-order valence-electron chi connectivity index (χ0n) is 22.8. The molecule has 0 radical (unpaired) electrons. The van der Waals surface area contributed by atoms with Crippen LogP contribution in [0.1, 0.15) is 32.8 Å². The minimum Gasteiger partial charge on any atom is -0.497 e. The number of carbonyl (C=O) groups is 2. The molecule has 3 aromatic rings. The van der Waals surface area contributed by atoms with Crippen molar-refractivity contribution in [1.29, 1.82) is 0 Å².